The van der Waals surface area contributed by atoms with Crippen molar-refractivity contribution < 1.29 is 0 Å². The number of nitrogens with zero attached hydrogens (tertiary/aromatic N) is 1. The molecule has 0 amide bonds. The zero-order valence-electron chi connectivity index (χ0n) is 11.2. The predicted octanol–water partition coefficient (Wildman–Crippen LogP) is 3.12. The van der Waals surface area contributed by atoms with Crippen LogP contribution in [0.4, 0.5) is 0 Å². The van der Waals surface area contributed by atoms with Gasteiger partial charge in [-0.1, -0.05) is 49.1 Å². The molecule has 0 heterocycles. The van der Waals surface area contributed by atoms with E-state index in [0.717, 1.165) is 17.0 Å². The summed E-state index contributed by atoms with van der Waals surface area (Å²) in [7, 11) is 0. The molecule has 1 fully saturated rings. The van der Waals surface area contributed by atoms with Crippen LogP contribution in [0.2, 0.25) is 5.02 Å². The predicted molar refractivity (Wildman–Crippen MR) is 81.7 cm³/mol. The van der Waals surface area contributed by atoms with Gasteiger partial charge in [0.2, 0.25) is 0 Å². The Morgan fingerprint density at radius 3 is 2.74 bits per heavy atom. The van der Waals surface area contributed by atoms with Crippen molar-refractivity contribution in [2.45, 2.75) is 44.6 Å². The van der Waals surface area contributed by atoms with E-state index in [1.807, 2.05) is 24.3 Å². The quantitative estimate of drug-likeness (QED) is 0.657. The largest absolute Gasteiger partial charge is 0.370 e. The van der Waals surface area contributed by atoms with Crippen molar-refractivity contribution in [3.8, 4) is 0 Å². The number of aliphatic imine (C=N–C) groups is 1. The molecule has 0 radical (unpaired) electrons. The van der Waals surface area contributed by atoms with Crippen LogP contribution < -0.4 is 11.1 Å². The smallest absolute Gasteiger partial charge is 0.188 e. The molecule has 3 nitrogen and oxygen atoms in total. The highest BCUT2D eigenvalue weighted by Gasteiger charge is 2.13. The summed E-state index contributed by atoms with van der Waals surface area (Å²) in [4.78, 5) is 4.38. The van der Waals surface area contributed by atoms with Gasteiger partial charge >= 0.3 is 0 Å². The Labute approximate surface area is 120 Å². The number of benzene rings is 1. The van der Waals surface area contributed by atoms with Gasteiger partial charge in [-0.25, -0.2) is 0 Å². The zero-order chi connectivity index (χ0) is 13.5. The Hall–Kier alpha value is -1.22. The fraction of sp³-hybridized carbons (Fsp3) is 0.533. The number of rotatable bonds is 4. The second kappa shape index (κ2) is 7.39. The van der Waals surface area contributed by atoms with Crippen LogP contribution in [0.25, 0.3) is 0 Å². The lowest BCUT2D eigenvalue weighted by Gasteiger charge is -2.23. The lowest BCUT2D eigenvalue weighted by atomic mass is 9.96. The van der Waals surface area contributed by atoms with Crippen molar-refractivity contribution >= 4 is 17.6 Å². The lowest BCUT2D eigenvalue weighted by molar-refractivity contribution is 0.412. The van der Waals surface area contributed by atoms with Crippen molar-refractivity contribution in [3.63, 3.8) is 0 Å². The van der Waals surface area contributed by atoms with Gasteiger partial charge in [-0.3, -0.25) is 4.99 Å². The molecule has 19 heavy (non-hydrogen) atoms. The van der Waals surface area contributed by atoms with Crippen molar-refractivity contribution in [2.24, 2.45) is 10.7 Å². The van der Waals surface area contributed by atoms with Crippen LogP contribution in [0.1, 0.15) is 37.7 Å². The third-order valence-electron chi connectivity index (χ3n) is 3.58. The summed E-state index contributed by atoms with van der Waals surface area (Å²) in [5, 5.41) is 4.12. The van der Waals surface area contributed by atoms with Gasteiger partial charge in [-0.15, -0.1) is 0 Å². The van der Waals surface area contributed by atoms with Gasteiger partial charge in [0.25, 0.3) is 0 Å². The minimum Gasteiger partial charge on any atom is -0.370 e. The summed E-state index contributed by atoms with van der Waals surface area (Å²) in [6.45, 7) is 0.676. The van der Waals surface area contributed by atoms with Crippen LogP contribution in [-0.2, 0) is 6.42 Å². The number of nitrogens with one attached hydrogen (secondary N) is 1. The van der Waals surface area contributed by atoms with E-state index in [0.29, 0.717) is 18.5 Å². The molecule has 0 aliphatic heterocycles. The molecule has 1 aliphatic carbocycles. The molecule has 4 heteroatoms. The molecule has 3 N–H and O–H groups in total. The Morgan fingerprint density at radius 1 is 1.26 bits per heavy atom. The Morgan fingerprint density at radius 2 is 2.00 bits per heavy atom. The van der Waals surface area contributed by atoms with Crippen LogP contribution >= 0.6 is 11.6 Å². The van der Waals surface area contributed by atoms with E-state index in [9.17, 15) is 0 Å². The second-order valence-corrected chi connectivity index (χ2v) is 5.49. The van der Waals surface area contributed by atoms with Gasteiger partial charge in [0.15, 0.2) is 5.96 Å². The van der Waals surface area contributed by atoms with E-state index in [1.54, 1.807) is 0 Å². The van der Waals surface area contributed by atoms with E-state index in [1.165, 1.54) is 32.1 Å². The number of guanidine groups is 1. The molecule has 0 saturated heterocycles. The van der Waals surface area contributed by atoms with Crippen LogP contribution in [-0.4, -0.2) is 18.5 Å². The maximum atomic E-state index is 6.10. The van der Waals surface area contributed by atoms with Gasteiger partial charge in [-0.05, 0) is 30.9 Å². The average molecular weight is 280 g/mol. The molecule has 0 bridgehead atoms. The first-order valence-corrected chi connectivity index (χ1v) is 7.43. The van der Waals surface area contributed by atoms with Crippen LogP contribution in [0, 0.1) is 0 Å². The van der Waals surface area contributed by atoms with Crippen molar-refractivity contribution in [1.29, 1.82) is 0 Å². The molecule has 0 unspecified atom stereocenters. The fourth-order valence-corrected chi connectivity index (χ4v) is 2.73. The molecule has 0 aromatic heterocycles. The summed E-state index contributed by atoms with van der Waals surface area (Å²) >= 11 is 6.10. The topological polar surface area (TPSA) is 50.4 Å². The van der Waals surface area contributed by atoms with Crippen LogP contribution in [0.3, 0.4) is 0 Å². The highest BCUT2D eigenvalue weighted by molar-refractivity contribution is 6.31. The number of hydrogen-bond donors (Lipinski definition) is 2. The number of nitrogens with two attached hydrogens (primary N) is 1. The van der Waals surface area contributed by atoms with Gasteiger partial charge in [0.1, 0.15) is 0 Å². The van der Waals surface area contributed by atoms with E-state index in [2.05, 4.69) is 10.3 Å². The SMILES string of the molecule is NC(=NCCc1ccccc1Cl)NC1CCCCC1. The Balaban J connectivity index is 1.76. The zero-order valence-corrected chi connectivity index (χ0v) is 12.0. The Kier molecular flexibility index (Phi) is 5.52. The molecular weight excluding hydrogens is 258 g/mol. The van der Waals surface area contributed by atoms with E-state index in [4.69, 9.17) is 17.3 Å². The first kappa shape index (κ1) is 14.2. The summed E-state index contributed by atoms with van der Waals surface area (Å²) in [5.74, 6) is 0.568. The molecule has 1 aromatic rings. The normalized spacial score (nSPS) is 17.4. The lowest BCUT2D eigenvalue weighted by Crippen LogP contribution is -2.41. The highest BCUT2D eigenvalue weighted by Crippen LogP contribution is 2.17. The maximum absolute atomic E-state index is 6.10. The average Bonchev–Trinajstić information content (AvgIpc) is 2.42. The van der Waals surface area contributed by atoms with Gasteiger partial charge in [0.05, 0.1) is 0 Å². The van der Waals surface area contributed by atoms with Crippen molar-refractivity contribution in [3.05, 3.63) is 34.9 Å². The molecule has 2 rings (SSSR count). The van der Waals surface area contributed by atoms with E-state index >= 15 is 0 Å². The monoisotopic (exact) mass is 279 g/mol. The van der Waals surface area contributed by atoms with Crippen molar-refractivity contribution in [1.82, 2.24) is 5.32 Å². The van der Waals surface area contributed by atoms with Crippen LogP contribution in [0.5, 0.6) is 0 Å². The van der Waals surface area contributed by atoms with Gasteiger partial charge in [-0.2, -0.15) is 0 Å². The number of halogens is 1. The van der Waals surface area contributed by atoms with Crippen molar-refractivity contribution in [2.75, 3.05) is 6.54 Å². The summed E-state index contributed by atoms with van der Waals surface area (Å²) in [6.07, 6.45) is 7.19. The molecular formula is C15H22ClN3. The van der Waals surface area contributed by atoms with Gasteiger partial charge < -0.3 is 11.1 Å². The minimum absolute atomic E-state index is 0.512. The third-order valence-corrected chi connectivity index (χ3v) is 3.95. The molecule has 0 atom stereocenters. The Bertz CT molecular complexity index is 425. The fourth-order valence-electron chi connectivity index (χ4n) is 2.50. The molecule has 104 valence electrons. The van der Waals surface area contributed by atoms with Crippen LogP contribution in [0.15, 0.2) is 29.3 Å². The van der Waals surface area contributed by atoms with E-state index in [-0.39, 0.29) is 0 Å². The molecule has 1 aromatic carbocycles. The summed E-state index contributed by atoms with van der Waals surface area (Å²) in [6, 6.07) is 8.38. The van der Waals surface area contributed by atoms with Gasteiger partial charge in [0, 0.05) is 17.6 Å². The number of hydrogen-bond acceptors (Lipinski definition) is 1. The molecule has 1 aliphatic rings. The molecule has 0 spiro atoms. The summed E-state index contributed by atoms with van der Waals surface area (Å²) < 4.78 is 0. The third kappa shape index (κ3) is 4.75. The summed E-state index contributed by atoms with van der Waals surface area (Å²) in [5.41, 5.74) is 7.04. The first-order valence-electron chi connectivity index (χ1n) is 7.05. The highest BCUT2D eigenvalue weighted by atomic mass is 35.5. The first-order chi connectivity index (χ1) is 9.25. The maximum Gasteiger partial charge on any atom is 0.188 e. The standard InChI is InChI=1S/C15H22ClN3/c16-14-9-5-4-6-12(14)10-11-18-15(17)19-13-7-2-1-3-8-13/h4-6,9,13H,1-3,7-8,10-11H2,(H3,17,18,19). The second-order valence-electron chi connectivity index (χ2n) is 5.09. The van der Waals surface area contributed by atoms with E-state index < -0.39 is 0 Å². The molecule has 1 saturated carbocycles. The minimum atomic E-state index is 0.512.